The summed E-state index contributed by atoms with van der Waals surface area (Å²) in [5.41, 5.74) is 4.86. The van der Waals surface area contributed by atoms with Gasteiger partial charge in [-0.2, -0.15) is 0 Å². The van der Waals surface area contributed by atoms with E-state index in [9.17, 15) is 14.4 Å². The summed E-state index contributed by atoms with van der Waals surface area (Å²) in [4.78, 5) is 40.5. The number of carbonyl (C=O) groups excluding carboxylic acids is 3. The van der Waals surface area contributed by atoms with Crippen LogP contribution < -0.4 is 15.0 Å². The number of carbonyl (C=O) groups is 3. The Morgan fingerprint density at radius 1 is 0.864 bits per heavy atom. The van der Waals surface area contributed by atoms with Crippen molar-refractivity contribution in [1.82, 2.24) is 0 Å². The number of amides is 1. The van der Waals surface area contributed by atoms with Gasteiger partial charge in [-0.3, -0.25) is 9.59 Å². The quantitative estimate of drug-likeness (QED) is 0.0753. The van der Waals surface area contributed by atoms with Gasteiger partial charge in [0.15, 0.2) is 5.78 Å². The Bertz CT molecular complexity index is 1600. The Morgan fingerprint density at radius 2 is 1.52 bits per heavy atom. The second-order valence-corrected chi connectivity index (χ2v) is 10.5. The van der Waals surface area contributed by atoms with Crippen LogP contribution in [0.4, 0.5) is 11.4 Å². The number of ether oxygens (including phenoxy) is 2. The highest BCUT2D eigenvalue weighted by Crippen LogP contribution is 2.23. The van der Waals surface area contributed by atoms with Gasteiger partial charge in [-0.25, -0.2) is 4.79 Å². The molecule has 0 saturated heterocycles. The Kier molecular flexibility index (Phi) is 11.1. The van der Waals surface area contributed by atoms with Gasteiger partial charge >= 0.3 is 5.97 Å². The van der Waals surface area contributed by atoms with Crippen LogP contribution in [0, 0.1) is 6.92 Å². The summed E-state index contributed by atoms with van der Waals surface area (Å²) in [5, 5.41) is 3.23. The highest BCUT2D eigenvalue weighted by molar-refractivity contribution is 6.12. The number of ketones is 1. The Hall–Kier alpha value is -5.17. The summed E-state index contributed by atoms with van der Waals surface area (Å²) < 4.78 is 11.0. The lowest BCUT2D eigenvalue weighted by Crippen LogP contribution is -2.33. The van der Waals surface area contributed by atoms with Crippen molar-refractivity contribution in [2.75, 3.05) is 30.5 Å². The lowest BCUT2D eigenvalue weighted by molar-refractivity contribution is -0.141. The van der Waals surface area contributed by atoms with Crippen molar-refractivity contribution in [2.24, 2.45) is 0 Å². The highest BCUT2D eigenvalue weighted by Gasteiger charge is 2.23. The van der Waals surface area contributed by atoms with Gasteiger partial charge in [-0.15, -0.1) is 0 Å². The van der Waals surface area contributed by atoms with E-state index in [1.54, 1.807) is 42.2 Å². The van der Waals surface area contributed by atoms with Crippen LogP contribution in [-0.2, 0) is 20.7 Å². The second-order valence-electron chi connectivity index (χ2n) is 10.5. The van der Waals surface area contributed by atoms with Gasteiger partial charge in [0.25, 0.3) is 5.91 Å². The van der Waals surface area contributed by atoms with Crippen LogP contribution in [0.25, 0.3) is 0 Å². The minimum absolute atomic E-state index is 0.107. The molecule has 0 saturated carbocycles. The minimum Gasteiger partial charge on any atom is -0.494 e. The summed E-state index contributed by atoms with van der Waals surface area (Å²) in [7, 11) is 1.35. The molecule has 0 aliphatic rings. The summed E-state index contributed by atoms with van der Waals surface area (Å²) >= 11 is 0. The van der Waals surface area contributed by atoms with Gasteiger partial charge in [0.05, 0.1) is 13.7 Å². The monoisotopic (exact) mass is 590 g/mol. The first-order chi connectivity index (χ1) is 21.3. The van der Waals surface area contributed by atoms with Crippen LogP contribution in [0.1, 0.15) is 40.4 Å². The number of methoxy groups -OCH3 is 1. The predicted molar refractivity (Wildman–Crippen MR) is 174 cm³/mol. The summed E-state index contributed by atoms with van der Waals surface area (Å²) in [5.74, 6) is 0.00733. The predicted octanol–water partition coefficient (Wildman–Crippen LogP) is 6.80. The van der Waals surface area contributed by atoms with Crippen molar-refractivity contribution < 1.29 is 23.9 Å². The largest absolute Gasteiger partial charge is 0.494 e. The Morgan fingerprint density at radius 3 is 2.20 bits per heavy atom. The molecule has 1 amide bonds. The second kappa shape index (κ2) is 15.3. The first-order valence-corrected chi connectivity index (χ1v) is 14.6. The van der Waals surface area contributed by atoms with E-state index in [1.165, 1.54) is 7.11 Å². The van der Waals surface area contributed by atoms with Crippen LogP contribution in [0.2, 0.25) is 0 Å². The van der Waals surface area contributed by atoms with Crippen molar-refractivity contribution >= 4 is 29.0 Å². The van der Waals surface area contributed by atoms with Crippen LogP contribution in [0.5, 0.6) is 5.75 Å². The van der Waals surface area contributed by atoms with Crippen molar-refractivity contribution in [1.29, 1.82) is 0 Å². The fraction of sp³-hybridized carbons (Fsp3) is 0.216. The summed E-state index contributed by atoms with van der Waals surface area (Å²) in [6.07, 6.45) is 0.972. The molecule has 226 valence electrons. The number of nitrogens with one attached hydrogen (secondary N) is 1. The molecule has 44 heavy (non-hydrogen) atoms. The van der Waals surface area contributed by atoms with Gasteiger partial charge in [0.2, 0.25) is 0 Å². The van der Waals surface area contributed by atoms with Gasteiger partial charge < -0.3 is 19.7 Å². The topological polar surface area (TPSA) is 84.9 Å². The average Bonchev–Trinajstić information content (AvgIpc) is 3.05. The number of hydrogen-bond acceptors (Lipinski definition) is 6. The number of nitrogens with zero attached hydrogens (tertiary/aromatic N) is 1. The number of benzene rings is 4. The normalized spacial score (nSPS) is 11.2. The van der Waals surface area contributed by atoms with Crippen LogP contribution in [0.15, 0.2) is 115 Å². The van der Waals surface area contributed by atoms with Crippen molar-refractivity contribution in [2.45, 2.75) is 32.7 Å². The number of aryl methyl sites for hydroxylation is 1. The molecular formula is C37H38N2O5. The Labute approximate surface area is 259 Å². The molecule has 0 bridgehead atoms. The van der Waals surface area contributed by atoms with Crippen LogP contribution in [0.3, 0.4) is 0 Å². The van der Waals surface area contributed by atoms with Crippen LogP contribution >= 0.6 is 0 Å². The molecule has 0 aromatic heterocycles. The van der Waals surface area contributed by atoms with E-state index >= 15 is 0 Å². The maximum atomic E-state index is 13.2. The first kappa shape index (κ1) is 31.8. The standard InChI is InChI=1S/C37H38N2O5/c1-26(2)36(41)39(34-18-11-8-13-27(34)3)23-12-24-44-30-21-19-28(20-22-30)25-33(37(42)43-4)38-32-17-10-9-16-31(32)35(40)29-14-6-5-7-15-29/h5-11,13-22,33,38H,1,12,23-25H2,2-4H3. The van der Waals surface area contributed by atoms with Crippen molar-refractivity contribution in [3.8, 4) is 5.75 Å². The molecule has 1 atom stereocenters. The number of esters is 1. The molecule has 0 radical (unpaired) electrons. The number of rotatable bonds is 14. The van der Waals surface area contributed by atoms with Gasteiger partial charge in [-0.05, 0) is 61.7 Å². The average molecular weight is 591 g/mol. The van der Waals surface area contributed by atoms with E-state index in [0.29, 0.717) is 54.1 Å². The molecule has 4 rings (SSSR count). The molecule has 0 aliphatic heterocycles. The number of para-hydroxylation sites is 2. The first-order valence-electron chi connectivity index (χ1n) is 14.6. The van der Waals surface area contributed by atoms with E-state index < -0.39 is 12.0 Å². The molecule has 1 N–H and O–H groups in total. The van der Waals surface area contributed by atoms with E-state index in [1.807, 2.05) is 79.7 Å². The molecule has 0 aliphatic carbocycles. The zero-order valence-corrected chi connectivity index (χ0v) is 25.4. The summed E-state index contributed by atoms with van der Waals surface area (Å²) in [6, 6.07) is 30.8. The van der Waals surface area contributed by atoms with Crippen molar-refractivity contribution in [3.63, 3.8) is 0 Å². The van der Waals surface area contributed by atoms with E-state index in [-0.39, 0.29) is 11.7 Å². The SMILES string of the molecule is C=C(C)C(=O)N(CCCOc1ccc(CC(Nc2ccccc2C(=O)c2ccccc2)C(=O)OC)cc1)c1ccccc1C. The van der Waals surface area contributed by atoms with E-state index in [0.717, 1.165) is 16.8 Å². The molecule has 0 fully saturated rings. The summed E-state index contributed by atoms with van der Waals surface area (Å²) in [6.45, 7) is 8.44. The lowest BCUT2D eigenvalue weighted by atomic mass is 10.00. The zero-order chi connectivity index (χ0) is 31.5. The molecule has 0 spiro atoms. The van der Waals surface area contributed by atoms with E-state index in [2.05, 4.69) is 11.9 Å². The molecular weight excluding hydrogens is 552 g/mol. The van der Waals surface area contributed by atoms with E-state index in [4.69, 9.17) is 9.47 Å². The highest BCUT2D eigenvalue weighted by atomic mass is 16.5. The van der Waals surface area contributed by atoms with Crippen molar-refractivity contribution in [3.05, 3.63) is 138 Å². The zero-order valence-electron chi connectivity index (χ0n) is 25.4. The molecule has 0 heterocycles. The third kappa shape index (κ3) is 8.22. The molecule has 7 heteroatoms. The molecule has 4 aromatic carbocycles. The van der Waals surface area contributed by atoms with Crippen LogP contribution in [-0.4, -0.2) is 44.0 Å². The molecule has 7 nitrogen and oxygen atoms in total. The number of anilines is 2. The third-order valence-electron chi connectivity index (χ3n) is 7.20. The molecule has 1 unspecified atom stereocenters. The minimum atomic E-state index is -0.713. The third-order valence-corrected chi connectivity index (χ3v) is 7.20. The molecule has 4 aromatic rings. The fourth-order valence-corrected chi connectivity index (χ4v) is 4.87. The maximum Gasteiger partial charge on any atom is 0.328 e. The fourth-order valence-electron chi connectivity index (χ4n) is 4.87. The van der Waals surface area contributed by atoms with Gasteiger partial charge in [0.1, 0.15) is 11.8 Å². The smallest absolute Gasteiger partial charge is 0.328 e. The number of hydrogen-bond donors (Lipinski definition) is 1. The van der Waals surface area contributed by atoms with Gasteiger partial charge in [0, 0.05) is 41.0 Å². The maximum absolute atomic E-state index is 13.2. The van der Waals surface area contributed by atoms with Gasteiger partial charge in [-0.1, -0.05) is 79.4 Å². The Balaban J connectivity index is 1.38. The lowest BCUT2D eigenvalue weighted by Gasteiger charge is -2.24.